The number of anilines is 4. The Morgan fingerprint density at radius 2 is 1.87 bits per heavy atom. The molecule has 250 valence electrons. The maximum Gasteiger partial charge on any atom is 0.491 e. The van der Waals surface area contributed by atoms with Crippen molar-refractivity contribution in [3.05, 3.63) is 70.3 Å². The molecule has 0 aliphatic heterocycles. The number of alkyl halides is 3. The highest BCUT2D eigenvalue weighted by atomic mass is 79.9. The second-order valence-corrected chi connectivity index (χ2v) is 13.5. The molecule has 20 heteroatoms. The Balaban J connectivity index is 1.47. The first-order chi connectivity index (χ1) is 22.2. The van der Waals surface area contributed by atoms with Gasteiger partial charge in [-0.2, -0.15) is 23.3 Å². The van der Waals surface area contributed by atoms with Crippen molar-refractivity contribution in [3.8, 4) is 5.75 Å². The number of rotatable bonds is 14. The number of methoxy groups -OCH3 is 1. The summed E-state index contributed by atoms with van der Waals surface area (Å²) in [6.45, 7) is 2.09. The first-order valence-corrected chi connectivity index (χ1v) is 16.9. The third kappa shape index (κ3) is 9.74. The predicted molar refractivity (Wildman–Crippen MR) is 172 cm³/mol. The second-order valence-electron chi connectivity index (χ2n) is 10.1. The van der Waals surface area contributed by atoms with E-state index < -0.39 is 38.0 Å². The van der Waals surface area contributed by atoms with Gasteiger partial charge < -0.3 is 35.3 Å². The number of pyridine rings is 1. The van der Waals surface area contributed by atoms with Crippen molar-refractivity contribution in [1.82, 2.24) is 30.0 Å². The van der Waals surface area contributed by atoms with Gasteiger partial charge in [-0.05, 0) is 52.2 Å². The first-order valence-electron chi connectivity index (χ1n) is 13.8. The Labute approximate surface area is 275 Å². The number of hydrogen-bond acceptors (Lipinski definition) is 12. The number of carbonyl (C=O) groups is 1. The predicted octanol–water partition coefficient (Wildman–Crippen LogP) is 3.90. The second kappa shape index (κ2) is 15.3. The van der Waals surface area contributed by atoms with E-state index in [9.17, 15) is 32.6 Å². The molecule has 0 spiro atoms. The highest BCUT2D eigenvalue weighted by Gasteiger charge is 2.36. The number of aromatic nitrogens is 5. The number of halogens is 4. The summed E-state index contributed by atoms with van der Waals surface area (Å²) in [7, 11) is -1.96. The van der Waals surface area contributed by atoms with Gasteiger partial charge in [-0.1, -0.05) is 6.07 Å². The monoisotopic (exact) mass is 740 g/mol. The maximum atomic E-state index is 13.9. The summed E-state index contributed by atoms with van der Waals surface area (Å²) in [6, 6.07) is 7.68. The molecule has 4 aromatic rings. The average Bonchev–Trinajstić information content (AvgIpc) is 3.49. The molecule has 1 aromatic carbocycles. The van der Waals surface area contributed by atoms with E-state index in [1.807, 2.05) is 0 Å². The van der Waals surface area contributed by atoms with Crippen LogP contribution in [0.4, 0.5) is 36.3 Å². The summed E-state index contributed by atoms with van der Waals surface area (Å²) < 4.78 is 67.7. The number of carbonyl (C=O) groups excluding carboxylic acids is 1. The van der Waals surface area contributed by atoms with Gasteiger partial charge in [0.15, 0.2) is 5.69 Å². The molecule has 1 atom stereocenters. The van der Waals surface area contributed by atoms with Crippen LogP contribution in [0.5, 0.6) is 5.75 Å². The van der Waals surface area contributed by atoms with Crippen molar-refractivity contribution in [2.75, 3.05) is 38.1 Å². The lowest BCUT2D eigenvalue weighted by Crippen LogP contribution is -2.28. The molecular weight excluding hydrogens is 711 g/mol. The van der Waals surface area contributed by atoms with Crippen LogP contribution in [0.15, 0.2) is 53.5 Å². The lowest BCUT2D eigenvalue weighted by Gasteiger charge is -2.18. The Morgan fingerprint density at radius 1 is 1.13 bits per heavy atom. The number of amides is 1. The number of benzene rings is 1. The van der Waals surface area contributed by atoms with E-state index in [4.69, 9.17) is 9.26 Å². The SMILES string of the molecule is CNC(=O)c1nc(Br)ccc1Nc1nc(Nc2ccc(CP(C)(=O)OCCCn3cc(B(O)O)cn3)cc2OC)ncc1C(F)(F)F. The van der Waals surface area contributed by atoms with Crippen molar-refractivity contribution in [1.29, 1.82) is 0 Å². The van der Waals surface area contributed by atoms with E-state index in [1.165, 1.54) is 50.0 Å². The minimum absolute atomic E-state index is 0.0205. The van der Waals surface area contributed by atoms with Crippen molar-refractivity contribution < 1.29 is 41.8 Å². The molecule has 14 nitrogen and oxygen atoms in total. The Kier molecular flexibility index (Phi) is 11.6. The van der Waals surface area contributed by atoms with Crippen LogP contribution in [0.1, 0.15) is 28.0 Å². The van der Waals surface area contributed by atoms with Gasteiger partial charge in [0.1, 0.15) is 21.7 Å². The van der Waals surface area contributed by atoms with Crippen molar-refractivity contribution in [3.63, 3.8) is 0 Å². The quantitative estimate of drug-likeness (QED) is 0.0545. The van der Waals surface area contributed by atoms with Crippen LogP contribution < -0.4 is 26.2 Å². The van der Waals surface area contributed by atoms with Gasteiger partial charge >= 0.3 is 13.3 Å². The summed E-state index contributed by atoms with van der Waals surface area (Å²) >= 11 is 3.15. The Bertz CT molecular complexity index is 1780. The van der Waals surface area contributed by atoms with Crippen LogP contribution >= 0.6 is 23.3 Å². The zero-order chi connectivity index (χ0) is 34.4. The Morgan fingerprint density at radius 3 is 2.53 bits per heavy atom. The van der Waals surface area contributed by atoms with Crippen molar-refractivity contribution >= 4 is 64.9 Å². The normalized spacial score (nSPS) is 12.7. The highest BCUT2D eigenvalue weighted by molar-refractivity contribution is 9.10. The van der Waals surface area contributed by atoms with Crippen LogP contribution in [0.3, 0.4) is 0 Å². The summed E-state index contributed by atoms with van der Waals surface area (Å²) in [5, 5.41) is 30.2. The minimum atomic E-state index is -4.82. The molecule has 5 N–H and O–H groups in total. The van der Waals surface area contributed by atoms with Crippen LogP contribution in [-0.4, -0.2) is 75.2 Å². The highest BCUT2D eigenvalue weighted by Crippen LogP contribution is 2.47. The summed E-state index contributed by atoms with van der Waals surface area (Å²) in [6.07, 6.45) is -0.829. The lowest BCUT2D eigenvalue weighted by molar-refractivity contribution is -0.137. The van der Waals surface area contributed by atoms with Crippen LogP contribution in [0.2, 0.25) is 0 Å². The van der Waals surface area contributed by atoms with Crippen LogP contribution in [0.25, 0.3) is 0 Å². The first kappa shape index (κ1) is 35.8. The number of hydrogen-bond donors (Lipinski definition) is 5. The number of nitrogens with one attached hydrogen (secondary N) is 3. The molecule has 3 heterocycles. The molecule has 0 bridgehead atoms. The van der Waals surface area contributed by atoms with Crippen molar-refractivity contribution in [2.24, 2.45) is 0 Å². The average molecular weight is 741 g/mol. The molecule has 0 saturated carbocycles. The van der Waals surface area contributed by atoms with Gasteiger partial charge in [-0.3, -0.25) is 14.0 Å². The van der Waals surface area contributed by atoms with Crippen LogP contribution in [-0.2, 0) is 28.0 Å². The molecular formula is C27H30BBrF3N8O6P. The van der Waals surface area contributed by atoms with E-state index in [-0.39, 0.29) is 41.3 Å². The van der Waals surface area contributed by atoms with Gasteiger partial charge in [0.25, 0.3) is 5.91 Å². The fraction of sp³-hybridized carbons (Fsp3) is 0.296. The zero-order valence-corrected chi connectivity index (χ0v) is 27.7. The van der Waals surface area contributed by atoms with E-state index in [2.05, 4.69) is 51.9 Å². The number of aryl methyl sites for hydroxylation is 1. The summed E-state index contributed by atoms with van der Waals surface area (Å²) in [5.74, 6) is -1.18. The third-order valence-corrected chi connectivity index (χ3v) is 8.59. The number of ether oxygens (including phenoxy) is 1. The fourth-order valence-corrected chi connectivity index (χ4v) is 6.03. The Hall–Kier alpha value is -4.03. The topological polar surface area (TPSA) is 186 Å². The molecule has 0 aliphatic carbocycles. The molecule has 3 aromatic heterocycles. The molecule has 0 saturated heterocycles. The van der Waals surface area contributed by atoms with Gasteiger partial charge in [0, 0.05) is 50.5 Å². The molecule has 1 unspecified atom stereocenters. The third-order valence-electron chi connectivity index (χ3n) is 6.48. The largest absolute Gasteiger partial charge is 0.495 e. The number of nitrogens with zero attached hydrogens (tertiary/aromatic N) is 5. The van der Waals surface area contributed by atoms with Gasteiger partial charge in [0.2, 0.25) is 13.3 Å². The maximum absolute atomic E-state index is 13.9. The van der Waals surface area contributed by atoms with Gasteiger partial charge in [0.05, 0.1) is 25.1 Å². The molecule has 0 fully saturated rings. The van der Waals surface area contributed by atoms with Crippen LogP contribution in [0, 0.1) is 0 Å². The minimum Gasteiger partial charge on any atom is -0.495 e. The fourth-order valence-electron chi connectivity index (χ4n) is 4.25. The smallest absolute Gasteiger partial charge is 0.491 e. The van der Waals surface area contributed by atoms with Gasteiger partial charge in [-0.25, -0.2) is 9.97 Å². The zero-order valence-electron chi connectivity index (χ0n) is 25.2. The van der Waals surface area contributed by atoms with E-state index >= 15 is 0 Å². The van der Waals surface area contributed by atoms with E-state index in [1.54, 1.807) is 18.2 Å². The van der Waals surface area contributed by atoms with Gasteiger partial charge in [-0.15, -0.1) is 0 Å². The summed E-state index contributed by atoms with van der Waals surface area (Å²) in [5.41, 5.74) is -0.159. The molecule has 4 rings (SSSR count). The summed E-state index contributed by atoms with van der Waals surface area (Å²) in [4.78, 5) is 24.2. The van der Waals surface area contributed by atoms with Crippen molar-refractivity contribution in [2.45, 2.75) is 25.3 Å². The lowest BCUT2D eigenvalue weighted by atomic mass is 9.83. The van der Waals surface area contributed by atoms with E-state index in [0.29, 0.717) is 35.0 Å². The van der Waals surface area contributed by atoms with E-state index in [0.717, 1.165) is 0 Å². The molecule has 0 radical (unpaired) electrons. The molecule has 0 aliphatic rings. The molecule has 1 amide bonds. The molecule has 47 heavy (non-hydrogen) atoms. The standard InChI is InChI=1S/C27H30BBrF3N8O6P/c1-33-25(41)23-20(7-8-22(29)38-23)36-24-18(27(30,31)32)13-34-26(39-24)37-19-6-5-16(11-21(19)45-2)15-47(3,44)46-10-4-9-40-14-17(12-35-40)28(42)43/h5-8,11-14,42-43H,4,9-10,15H2,1-3H3,(H,33,41)(H2,34,36,37,39).